The molecule has 0 bridgehead atoms. The van der Waals surface area contributed by atoms with Gasteiger partial charge >= 0.3 is 0 Å². The number of hydrogen-bond acceptors (Lipinski definition) is 3. The van der Waals surface area contributed by atoms with Gasteiger partial charge < -0.3 is 14.8 Å². The van der Waals surface area contributed by atoms with Crippen LogP contribution in [-0.4, -0.2) is 19.3 Å². The van der Waals surface area contributed by atoms with Crippen molar-refractivity contribution in [2.24, 2.45) is 17.8 Å². The minimum absolute atomic E-state index is 0. The highest BCUT2D eigenvalue weighted by Gasteiger charge is 2.42. The summed E-state index contributed by atoms with van der Waals surface area (Å²) < 4.78 is 12.3. The Morgan fingerprint density at radius 1 is 1.15 bits per heavy atom. The Morgan fingerprint density at radius 3 is 2.73 bits per heavy atom. The summed E-state index contributed by atoms with van der Waals surface area (Å²) in [7, 11) is 0. The third-order valence-electron chi connectivity index (χ3n) is 6.35. The first-order valence-corrected chi connectivity index (χ1v) is 10.4. The van der Waals surface area contributed by atoms with E-state index in [0.717, 1.165) is 31.3 Å². The van der Waals surface area contributed by atoms with E-state index in [0.29, 0.717) is 17.9 Å². The molecular formula is C22H34ClNO2. The van der Waals surface area contributed by atoms with Crippen molar-refractivity contribution in [1.29, 1.82) is 0 Å². The third-order valence-corrected chi connectivity index (χ3v) is 6.35. The van der Waals surface area contributed by atoms with Crippen LogP contribution in [0.5, 0.6) is 5.75 Å². The van der Waals surface area contributed by atoms with Crippen molar-refractivity contribution in [3.63, 3.8) is 0 Å². The molecule has 26 heavy (non-hydrogen) atoms. The largest absolute Gasteiger partial charge is 0.494 e. The highest BCUT2D eigenvalue weighted by molar-refractivity contribution is 5.85. The summed E-state index contributed by atoms with van der Waals surface area (Å²) in [5, 5.41) is 3.90. The van der Waals surface area contributed by atoms with Gasteiger partial charge in [0.25, 0.3) is 0 Å². The lowest BCUT2D eigenvalue weighted by Crippen LogP contribution is -2.45. The fraction of sp³-hybridized carbons (Fsp3) is 0.727. The lowest BCUT2D eigenvalue weighted by Gasteiger charge is -2.45. The highest BCUT2D eigenvalue weighted by Crippen LogP contribution is 2.48. The summed E-state index contributed by atoms with van der Waals surface area (Å²) in [4.78, 5) is 0. The first-order valence-electron chi connectivity index (χ1n) is 10.4. The molecule has 3 atom stereocenters. The van der Waals surface area contributed by atoms with Crippen LogP contribution >= 0.6 is 12.4 Å². The van der Waals surface area contributed by atoms with Crippen molar-refractivity contribution in [2.45, 2.75) is 70.9 Å². The number of ether oxygens (including phenoxy) is 2. The Balaban J connectivity index is 0.00000196. The lowest BCUT2D eigenvalue weighted by molar-refractivity contribution is -0.0437. The molecule has 1 aromatic carbocycles. The summed E-state index contributed by atoms with van der Waals surface area (Å²) in [6.07, 6.45) is 9.40. The molecule has 2 aliphatic heterocycles. The van der Waals surface area contributed by atoms with Gasteiger partial charge in [0.05, 0.1) is 12.7 Å². The number of halogens is 1. The first-order chi connectivity index (χ1) is 12.2. The van der Waals surface area contributed by atoms with E-state index in [2.05, 4.69) is 37.4 Å². The number of fused-ring (bicyclic) bond motifs is 3. The fourth-order valence-electron chi connectivity index (χ4n) is 4.97. The molecule has 0 unspecified atom stereocenters. The summed E-state index contributed by atoms with van der Waals surface area (Å²) in [6.45, 7) is 6.17. The first kappa shape index (κ1) is 19.8. The van der Waals surface area contributed by atoms with Gasteiger partial charge in [0, 0.05) is 29.8 Å². The van der Waals surface area contributed by atoms with Gasteiger partial charge in [0.2, 0.25) is 0 Å². The van der Waals surface area contributed by atoms with E-state index in [4.69, 9.17) is 9.47 Å². The van der Waals surface area contributed by atoms with Crippen LogP contribution in [0.2, 0.25) is 0 Å². The minimum Gasteiger partial charge on any atom is -0.494 e. The predicted molar refractivity (Wildman–Crippen MR) is 109 cm³/mol. The van der Waals surface area contributed by atoms with Crippen molar-refractivity contribution in [1.82, 2.24) is 0 Å². The van der Waals surface area contributed by atoms with E-state index in [1.807, 2.05) is 0 Å². The fourth-order valence-corrected chi connectivity index (χ4v) is 4.97. The van der Waals surface area contributed by atoms with Crippen molar-refractivity contribution in [3.05, 3.63) is 23.8 Å². The molecule has 1 saturated carbocycles. The summed E-state index contributed by atoms with van der Waals surface area (Å²) in [6, 6.07) is 7.17. The summed E-state index contributed by atoms with van der Waals surface area (Å²) in [5.74, 6) is 3.12. The number of benzene rings is 1. The molecule has 146 valence electrons. The standard InChI is InChI=1S/C22H33NO2.ClH/c1-15(2)11-13-24-17-9-10-20-19(14-17)22-18(8-5-12-25-22)21(23-20)16-6-3-4-7-16;/h9-10,14-16,18,21-23H,3-8,11-13H2,1-2H3;1H/t18-,21+,22-;/m0./s1. The molecule has 3 aliphatic rings. The van der Waals surface area contributed by atoms with Crippen LogP contribution in [0.15, 0.2) is 18.2 Å². The maximum atomic E-state index is 6.30. The van der Waals surface area contributed by atoms with Crippen LogP contribution in [0.3, 0.4) is 0 Å². The van der Waals surface area contributed by atoms with E-state index in [9.17, 15) is 0 Å². The molecule has 0 amide bonds. The van der Waals surface area contributed by atoms with Crippen molar-refractivity contribution >= 4 is 18.1 Å². The van der Waals surface area contributed by atoms with Crippen molar-refractivity contribution in [2.75, 3.05) is 18.5 Å². The Bertz CT molecular complexity index is 586. The molecule has 2 fully saturated rings. The molecule has 1 aromatic rings. The quantitative estimate of drug-likeness (QED) is 0.681. The molecule has 1 N–H and O–H groups in total. The Morgan fingerprint density at radius 2 is 1.96 bits per heavy atom. The average molecular weight is 380 g/mol. The SMILES string of the molecule is CC(C)CCOc1ccc2c(c1)[C@H]1OCCC[C@H]1[C@@H](C1CCCC1)N2.Cl. The second-order valence-corrected chi connectivity index (χ2v) is 8.59. The smallest absolute Gasteiger partial charge is 0.119 e. The van der Waals surface area contributed by atoms with Crippen LogP contribution in [0.25, 0.3) is 0 Å². The van der Waals surface area contributed by atoms with E-state index in [1.54, 1.807) is 0 Å². The maximum Gasteiger partial charge on any atom is 0.119 e. The summed E-state index contributed by atoms with van der Waals surface area (Å²) >= 11 is 0. The molecule has 3 nitrogen and oxygen atoms in total. The monoisotopic (exact) mass is 379 g/mol. The highest BCUT2D eigenvalue weighted by atomic mass is 35.5. The Labute approximate surface area is 164 Å². The number of hydrogen-bond donors (Lipinski definition) is 1. The Hall–Kier alpha value is -0.930. The minimum atomic E-state index is 0. The molecule has 2 heterocycles. The molecule has 0 spiro atoms. The van der Waals surface area contributed by atoms with Crippen LogP contribution in [-0.2, 0) is 4.74 Å². The van der Waals surface area contributed by atoms with Crippen molar-refractivity contribution < 1.29 is 9.47 Å². The number of anilines is 1. The maximum absolute atomic E-state index is 6.30. The topological polar surface area (TPSA) is 30.5 Å². The second-order valence-electron chi connectivity index (χ2n) is 8.59. The van der Waals surface area contributed by atoms with E-state index < -0.39 is 0 Å². The normalized spacial score (nSPS) is 28.0. The van der Waals surface area contributed by atoms with Crippen LogP contribution in [0, 0.1) is 17.8 Å². The molecule has 4 rings (SSSR count). The van der Waals surface area contributed by atoms with Crippen LogP contribution in [0.1, 0.15) is 70.5 Å². The second kappa shape index (κ2) is 8.84. The van der Waals surface area contributed by atoms with Gasteiger partial charge in [-0.15, -0.1) is 12.4 Å². The van der Waals surface area contributed by atoms with E-state index in [-0.39, 0.29) is 18.5 Å². The van der Waals surface area contributed by atoms with Crippen LogP contribution in [0.4, 0.5) is 5.69 Å². The number of nitrogens with one attached hydrogen (secondary N) is 1. The van der Waals surface area contributed by atoms with Gasteiger partial charge in [-0.2, -0.15) is 0 Å². The average Bonchev–Trinajstić information content (AvgIpc) is 3.15. The molecule has 1 saturated heterocycles. The lowest BCUT2D eigenvalue weighted by atomic mass is 9.75. The van der Waals surface area contributed by atoms with Gasteiger partial charge in [-0.05, 0) is 62.1 Å². The molecule has 0 radical (unpaired) electrons. The van der Waals surface area contributed by atoms with Crippen LogP contribution < -0.4 is 10.1 Å². The van der Waals surface area contributed by atoms with E-state index in [1.165, 1.54) is 49.8 Å². The van der Waals surface area contributed by atoms with Gasteiger partial charge in [-0.3, -0.25) is 0 Å². The molecule has 4 heteroatoms. The zero-order chi connectivity index (χ0) is 17.2. The van der Waals surface area contributed by atoms with Gasteiger partial charge in [-0.1, -0.05) is 26.7 Å². The molecule has 1 aliphatic carbocycles. The zero-order valence-corrected chi connectivity index (χ0v) is 17.0. The third kappa shape index (κ3) is 4.14. The summed E-state index contributed by atoms with van der Waals surface area (Å²) in [5.41, 5.74) is 2.59. The van der Waals surface area contributed by atoms with Gasteiger partial charge in [-0.25, -0.2) is 0 Å². The zero-order valence-electron chi connectivity index (χ0n) is 16.2. The molecular weight excluding hydrogens is 346 g/mol. The van der Waals surface area contributed by atoms with Gasteiger partial charge in [0.15, 0.2) is 0 Å². The predicted octanol–water partition coefficient (Wildman–Crippen LogP) is 5.99. The number of rotatable bonds is 5. The van der Waals surface area contributed by atoms with Gasteiger partial charge in [0.1, 0.15) is 5.75 Å². The van der Waals surface area contributed by atoms with E-state index >= 15 is 0 Å². The molecule has 0 aromatic heterocycles. The Kier molecular flexibility index (Phi) is 6.74. The van der Waals surface area contributed by atoms with Crippen molar-refractivity contribution in [3.8, 4) is 5.75 Å².